The minimum Gasteiger partial charge on any atom is -0.453 e. The first-order valence-corrected chi connectivity index (χ1v) is 22.4. The largest absolute Gasteiger partial charge is 0.573 e. The van der Waals surface area contributed by atoms with Gasteiger partial charge in [-0.25, -0.2) is 14.8 Å². The maximum Gasteiger partial charge on any atom is 0.573 e. The lowest BCUT2D eigenvalue weighted by Gasteiger charge is -2.34. The van der Waals surface area contributed by atoms with Crippen molar-refractivity contribution >= 4 is 49.1 Å². The minimum atomic E-state index is -5.03. The monoisotopic (exact) mass is 826 g/mol. The Morgan fingerprint density at radius 2 is 1.75 bits per heavy atom. The van der Waals surface area contributed by atoms with E-state index in [-0.39, 0.29) is 45.7 Å². The van der Waals surface area contributed by atoms with Crippen molar-refractivity contribution in [2.45, 2.75) is 64.4 Å². The predicted octanol–water partition coefficient (Wildman–Crippen LogP) is 7.25. The molecule has 2 aliphatic rings. The number of pyridine rings is 1. The quantitative estimate of drug-likeness (QED) is 0.121. The molecule has 3 amide bonds. The van der Waals surface area contributed by atoms with Gasteiger partial charge in [-0.3, -0.25) is 9.59 Å². The molecular formula is C39H46ClF3N8O5Si. The van der Waals surface area contributed by atoms with Gasteiger partial charge in [0.15, 0.2) is 0 Å². The number of nitrogens with one attached hydrogen (secondary N) is 4. The molecule has 4 aromatic rings. The highest BCUT2D eigenvalue weighted by Crippen LogP contribution is 2.41. The second kappa shape index (κ2) is 16.8. The van der Waals surface area contributed by atoms with Crippen LogP contribution in [0, 0.1) is 5.92 Å². The van der Waals surface area contributed by atoms with Crippen LogP contribution in [0.5, 0.6) is 5.75 Å². The molecule has 2 saturated heterocycles. The third-order valence-corrected chi connectivity index (χ3v) is 13.2. The van der Waals surface area contributed by atoms with Crippen LogP contribution in [0.4, 0.5) is 29.5 Å². The van der Waals surface area contributed by atoms with Crippen LogP contribution in [0.3, 0.4) is 0 Å². The first kappa shape index (κ1) is 41.5. The standard InChI is InChI=1S/C39H46ClF3N8O5Si/c1-22(2)34(49-38(54)55-4)37(53)51-21-57(5,6)20-31(51)35-46-19-30(47-35)25-9-7-24(8-10-25)27-15-28(40)29(16-32(27)56-39(41,42)43)48-36(52)26-11-12-33(45-18-26)50-14-13-44-17-23(50)3/h7-12,15-16,18-19,22-23,31,34,44H,13-14,17,20-21H2,1-6H3,(H,46,47)(H,48,52)(H,49,54)/t23?,31?,34-/m0/s1. The molecule has 57 heavy (non-hydrogen) atoms. The summed E-state index contributed by atoms with van der Waals surface area (Å²) in [5, 5.41) is 8.58. The molecule has 2 fully saturated rings. The fraction of sp³-hybridized carbons (Fsp3) is 0.410. The van der Waals surface area contributed by atoms with Gasteiger partial charge in [-0.15, -0.1) is 13.2 Å². The van der Waals surface area contributed by atoms with E-state index in [1.54, 1.807) is 47.5 Å². The molecule has 18 heteroatoms. The van der Waals surface area contributed by atoms with Gasteiger partial charge in [0.2, 0.25) is 5.91 Å². The summed E-state index contributed by atoms with van der Waals surface area (Å²) >= 11 is 6.57. The number of alkyl carbamates (subject to hydrolysis) is 1. The zero-order valence-electron chi connectivity index (χ0n) is 32.5. The molecule has 304 valence electrons. The average molecular weight is 827 g/mol. The van der Waals surface area contributed by atoms with Crippen LogP contribution in [0.25, 0.3) is 22.4 Å². The van der Waals surface area contributed by atoms with E-state index in [1.165, 1.54) is 19.4 Å². The van der Waals surface area contributed by atoms with Crippen molar-refractivity contribution in [2.24, 2.45) is 5.92 Å². The van der Waals surface area contributed by atoms with Crippen molar-refractivity contribution in [3.63, 3.8) is 0 Å². The van der Waals surface area contributed by atoms with E-state index in [0.717, 1.165) is 31.7 Å². The van der Waals surface area contributed by atoms with Crippen molar-refractivity contribution in [3.8, 4) is 28.1 Å². The van der Waals surface area contributed by atoms with E-state index in [9.17, 15) is 27.6 Å². The van der Waals surface area contributed by atoms with E-state index in [2.05, 4.69) is 60.6 Å². The van der Waals surface area contributed by atoms with Crippen molar-refractivity contribution in [3.05, 3.63) is 77.3 Å². The average Bonchev–Trinajstić information content (AvgIpc) is 3.78. The number of alkyl halides is 3. The lowest BCUT2D eigenvalue weighted by atomic mass is 10.0. The van der Waals surface area contributed by atoms with Crippen LogP contribution in [-0.2, 0) is 9.53 Å². The van der Waals surface area contributed by atoms with Gasteiger partial charge < -0.3 is 40.2 Å². The third-order valence-electron chi connectivity index (χ3n) is 10.2. The summed E-state index contributed by atoms with van der Waals surface area (Å²) in [7, 11) is -0.606. The number of nitrogens with zero attached hydrogens (tertiary/aromatic N) is 4. The fourth-order valence-corrected chi connectivity index (χ4v) is 10.4. The molecule has 2 aromatic heterocycles. The van der Waals surface area contributed by atoms with Crippen LogP contribution in [-0.4, -0.2) is 97.2 Å². The van der Waals surface area contributed by atoms with Gasteiger partial charge in [-0.2, -0.15) is 0 Å². The van der Waals surface area contributed by atoms with Gasteiger partial charge in [-0.1, -0.05) is 62.8 Å². The molecule has 0 radical (unpaired) electrons. The van der Waals surface area contributed by atoms with Gasteiger partial charge in [0.25, 0.3) is 5.91 Å². The van der Waals surface area contributed by atoms with Crippen LogP contribution in [0.15, 0.2) is 60.9 Å². The number of rotatable bonds is 10. The highest BCUT2D eigenvalue weighted by molar-refractivity contribution is 6.78. The molecule has 0 spiro atoms. The molecule has 13 nitrogen and oxygen atoms in total. The number of halogens is 4. The summed E-state index contributed by atoms with van der Waals surface area (Å²) in [5.41, 5.74) is 1.88. The smallest absolute Gasteiger partial charge is 0.453 e. The van der Waals surface area contributed by atoms with E-state index in [0.29, 0.717) is 34.6 Å². The number of ether oxygens (including phenoxy) is 2. The number of methoxy groups -OCH3 is 1. The molecule has 3 atom stereocenters. The van der Waals surface area contributed by atoms with Gasteiger partial charge in [0.05, 0.1) is 49.4 Å². The number of aromatic amines is 1. The van der Waals surface area contributed by atoms with Crippen molar-refractivity contribution in [1.82, 2.24) is 30.5 Å². The number of hydrogen-bond acceptors (Lipinski definition) is 9. The first-order valence-electron chi connectivity index (χ1n) is 18.6. The maximum atomic E-state index is 13.8. The zero-order chi connectivity index (χ0) is 41.2. The lowest BCUT2D eigenvalue weighted by molar-refractivity contribution is -0.274. The number of anilines is 2. The van der Waals surface area contributed by atoms with E-state index in [4.69, 9.17) is 16.3 Å². The topological polar surface area (TPSA) is 154 Å². The normalized spacial score (nSPS) is 18.6. The summed E-state index contributed by atoms with van der Waals surface area (Å²) < 4.78 is 50.3. The summed E-state index contributed by atoms with van der Waals surface area (Å²) in [6, 6.07) is 12.2. The highest BCUT2D eigenvalue weighted by atomic mass is 35.5. The number of amides is 3. The molecule has 4 N–H and O–H groups in total. The van der Waals surface area contributed by atoms with Gasteiger partial charge in [-0.05, 0) is 48.2 Å². The number of carbonyl (C=O) groups is 3. The zero-order valence-corrected chi connectivity index (χ0v) is 34.2. The maximum absolute atomic E-state index is 13.8. The number of piperazine rings is 1. The summed E-state index contributed by atoms with van der Waals surface area (Å²) in [5.74, 6) is -0.258. The molecule has 2 unspecified atom stereocenters. The molecular weight excluding hydrogens is 781 g/mol. The van der Waals surface area contributed by atoms with Crippen LogP contribution in [0.1, 0.15) is 43.0 Å². The highest BCUT2D eigenvalue weighted by Gasteiger charge is 2.45. The molecule has 2 aromatic carbocycles. The van der Waals surface area contributed by atoms with Crippen molar-refractivity contribution in [1.29, 1.82) is 0 Å². The second-order valence-electron chi connectivity index (χ2n) is 15.4. The summed E-state index contributed by atoms with van der Waals surface area (Å²) in [4.78, 5) is 55.4. The molecule has 4 heterocycles. The SMILES string of the molecule is COC(=O)N[C@H](C(=O)N1C[Si](C)(C)CC1c1ncc(-c2ccc(-c3cc(Cl)c(NC(=O)c4ccc(N5CCNCC5C)nc4)cc3OC(F)(F)F)cc2)[nH]1)C(C)C. The molecule has 0 bridgehead atoms. The Kier molecular flexibility index (Phi) is 12.2. The number of carbonyl (C=O) groups excluding carboxylic acids is 3. The van der Waals surface area contributed by atoms with Crippen molar-refractivity contribution < 1.29 is 37.0 Å². The molecule has 6 rings (SSSR count). The van der Waals surface area contributed by atoms with Crippen LogP contribution in [0.2, 0.25) is 24.2 Å². The Morgan fingerprint density at radius 1 is 1.04 bits per heavy atom. The minimum absolute atomic E-state index is 0.00184. The number of hydrogen-bond donors (Lipinski definition) is 4. The number of H-pyrrole nitrogens is 1. The van der Waals surface area contributed by atoms with Crippen LogP contribution < -0.4 is 25.6 Å². The van der Waals surface area contributed by atoms with Gasteiger partial charge >= 0.3 is 12.5 Å². The number of aromatic nitrogens is 3. The lowest BCUT2D eigenvalue weighted by Crippen LogP contribution is -2.52. The number of benzene rings is 2. The van der Waals surface area contributed by atoms with Crippen molar-refractivity contribution in [2.75, 3.05) is 43.1 Å². The second-order valence-corrected chi connectivity index (χ2v) is 20.9. The Balaban J connectivity index is 1.21. The Bertz CT molecular complexity index is 2100. The Morgan fingerprint density at radius 3 is 2.39 bits per heavy atom. The fourth-order valence-electron chi connectivity index (χ4n) is 7.26. The van der Waals surface area contributed by atoms with Gasteiger partial charge in [0.1, 0.15) is 23.4 Å². The summed E-state index contributed by atoms with van der Waals surface area (Å²) in [6.07, 6.45) is -2.07. The van der Waals surface area contributed by atoms with E-state index < -0.39 is 38.2 Å². The predicted molar refractivity (Wildman–Crippen MR) is 214 cm³/mol. The first-order chi connectivity index (χ1) is 26.9. The molecule has 2 aliphatic heterocycles. The molecule has 0 saturated carbocycles. The molecule has 0 aliphatic carbocycles. The van der Waals surface area contributed by atoms with E-state index in [1.807, 2.05) is 13.8 Å². The van der Waals surface area contributed by atoms with Crippen LogP contribution >= 0.6 is 11.6 Å². The van der Waals surface area contributed by atoms with Gasteiger partial charge in [0, 0.05) is 49.7 Å². The summed E-state index contributed by atoms with van der Waals surface area (Å²) in [6.45, 7) is 12.5. The number of imidazole rings is 1. The third kappa shape index (κ3) is 9.71. The van der Waals surface area contributed by atoms with E-state index >= 15 is 0 Å². The Labute approximate surface area is 334 Å². The Hall–Kier alpha value is -5.13.